The Bertz CT molecular complexity index is 1400. The summed E-state index contributed by atoms with van der Waals surface area (Å²) < 4.78 is 28.6. The van der Waals surface area contributed by atoms with Gasteiger partial charge in [-0.25, -0.2) is 17.7 Å². The van der Waals surface area contributed by atoms with Crippen molar-refractivity contribution in [1.29, 1.82) is 0 Å². The summed E-state index contributed by atoms with van der Waals surface area (Å²) in [5.74, 6) is 1.48. The number of hydrogen-bond donors (Lipinski definition) is 3. The van der Waals surface area contributed by atoms with Crippen LogP contribution in [0.1, 0.15) is 12.0 Å². The van der Waals surface area contributed by atoms with Gasteiger partial charge in [0.25, 0.3) is 10.0 Å². The number of aromatic amines is 1. The summed E-state index contributed by atoms with van der Waals surface area (Å²) >= 11 is 1.19. The zero-order valence-electron chi connectivity index (χ0n) is 18.5. The number of anilines is 3. The van der Waals surface area contributed by atoms with Gasteiger partial charge in [0.2, 0.25) is 0 Å². The second-order valence-corrected chi connectivity index (χ2v) is 11.5. The smallest absolute Gasteiger partial charge is 0.252 e. The first-order chi connectivity index (χ1) is 15.8. The Morgan fingerprint density at radius 3 is 2.79 bits per heavy atom. The van der Waals surface area contributed by atoms with Crippen LogP contribution in [-0.4, -0.2) is 70.7 Å². The maximum Gasteiger partial charge on any atom is 0.252 e. The van der Waals surface area contributed by atoms with Gasteiger partial charge in [-0.05, 0) is 25.0 Å². The van der Waals surface area contributed by atoms with E-state index < -0.39 is 10.0 Å². The zero-order valence-corrected chi connectivity index (χ0v) is 20.1. The number of nitrogens with two attached hydrogens (primary N) is 1. The minimum Gasteiger partial charge on any atom is -0.352 e. The molecule has 4 aromatic rings. The first-order valence-corrected chi connectivity index (χ1v) is 12.7. The van der Waals surface area contributed by atoms with Crippen molar-refractivity contribution < 1.29 is 8.42 Å². The molecule has 0 saturated carbocycles. The Labute approximate surface area is 195 Å². The van der Waals surface area contributed by atoms with Crippen molar-refractivity contribution in [3.05, 3.63) is 36.3 Å². The number of aromatic nitrogens is 5. The quantitative estimate of drug-likeness (QED) is 0.360. The monoisotopic (exact) mass is 487 g/mol. The first-order valence-electron chi connectivity index (χ1n) is 10.4. The van der Waals surface area contributed by atoms with Gasteiger partial charge in [-0.2, -0.15) is 14.7 Å². The van der Waals surface area contributed by atoms with Gasteiger partial charge >= 0.3 is 0 Å². The topological polar surface area (TPSA) is 138 Å². The third-order valence-electron chi connectivity index (χ3n) is 5.82. The van der Waals surface area contributed by atoms with E-state index in [1.807, 2.05) is 12.1 Å². The molecular formula is C20H25N9O2S2. The van der Waals surface area contributed by atoms with Crippen molar-refractivity contribution in [2.45, 2.75) is 23.6 Å². The standard InChI is InChI=1S/C20H25N9O2S2/c1-12-6-18(32-20(12)33(30,31)27(2)3)25-17-7-16(28-5-4-14(28)8-21)26-19-15(11-24-29(17)19)13-9-22-23-10-13/h6-7,9-11,14,25H,4-5,8,21H2,1-3H3,(H,22,23). The molecule has 4 N–H and O–H groups in total. The van der Waals surface area contributed by atoms with Crippen LogP contribution < -0.4 is 16.0 Å². The van der Waals surface area contributed by atoms with E-state index in [-0.39, 0.29) is 6.04 Å². The normalized spacial score (nSPS) is 16.5. The van der Waals surface area contributed by atoms with Crippen LogP contribution in [0, 0.1) is 6.92 Å². The van der Waals surface area contributed by atoms with Gasteiger partial charge in [0.15, 0.2) is 5.65 Å². The van der Waals surface area contributed by atoms with Crippen LogP contribution in [0.15, 0.2) is 34.9 Å². The molecule has 5 heterocycles. The van der Waals surface area contributed by atoms with E-state index in [4.69, 9.17) is 10.7 Å². The van der Waals surface area contributed by atoms with Crippen molar-refractivity contribution in [2.24, 2.45) is 5.73 Å². The fourth-order valence-corrected chi connectivity index (χ4v) is 6.60. The minimum absolute atomic E-state index is 0.244. The Hall–Kier alpha value is -3.00. The van der Waals surface area contributed by atoms with Crippen molar-refractivity contribution in [3.63, 3.8) is 0 Å². The average molecular weight is 488 g/mol. The molecule has 1 atom stereocenters. The van der Waals surface area contributed by atoms with Gasteiger partial charge in [0.05, 0.1) is 17.4 Å². The summed E-state index contributed by atoms with van der Waals surface area (Å²) in [7, 11) is -0.469. The molecule has 4 aromatic heterocycles. The van der Waals surface area contributed by atoms with Crippen molar-refractivity contribution in [2.75, 3.05) is 37.4 Å². The highest BCUT2D eigenvalue weighted by molar-refractivity contribution is 7.91. The van der Waals surface area contributed by atoms with Crippen LogP contribution in [0.4, 0.5) is 16.6 Å². The Kier molecular flexibility index (Phi) is 5.35. The van der Waals surface area contributed by atoms with Crippen LogP contribution in [0.25, 0.3) is 16.8 Å². The molecular weight excluding hydrogens is 462 g/mol. The number of fused-ring (bicyclic) bond motifs is 1. The van der Waals surface area contributed by atoms with Crippen LogP contribution in [0.2, 0.25) is 0 Å². The van der Waals surface area contributed by atoms with Crippen LogP contribution in [-0.2, 0) is 10.0 Å². The van der Waals surface area contributed by atoms with E-state index in [0.29, 0.717) is 32.8 Å². The second kappa shape index (κ2) is 8.09. The zero-order chi connectivity index (χ0) is 23.3. The third-order valence-corrected chi connectivity index (χ3v) is 9.40. The molecule has 1 aliphatic rings. The molecule has 13 heteroatoms. The van der Waals surface area contributed by atoms with Crippen molar-refractivity contribution in [1.82, 2.24) is 29.1 Å². The highest BCUT2D eigenvalue weighted by Gasteiger charge is 2.29. The highest BCUT2D eigenvalue weighted by Crippen LogP contribution is 2.36. The molecule has 0 bridgehead atoms. The van der Waals surface area contributed by atoms with E-state index in [0.717, 1.165) is 29.9 Å². The van der Waals surface area contributed by atoms with Gasteiger partial charge < -0.3 is 16.0 Å². The number of nitrogens with one attached hydrogen (secondary N) is 2. The van der Waals surface area contributed by atoms with Crippen LogP contribution >= 0.6 is 11.3 Å². The largest absolute Gasteiger partial charge is 0.352 e. The molecule has 174 valence electrons. The molecule has 1 aliphatic heterocycles. The Morgan fingerprint density at radius 1 is 1.33 bits per heavy atom. The van der Waals surface area contributed by atoms with Crippen LogP contribution in [0.5, 0.6) is 0 Å². The van der Waals surface area contributed by atoms with E-state index in [2.05, 4.69) is 25.5 Å². The molecule has 0 amide bonds. The molecule has 1 saturated heterocycles. The lowest BCUT2D eigenvalue weighted by atomic mass is 10.0. The summed E-state index contributed by atoms with van der Waals surface area (Å²) in [5, 5.41) is 15.5. The lowest BCUT2D eigenvalue weighted by Gasteiger charge is -2.41. The summed E-state index contributed by atoms with van der Waals surface area (Å²) in [6.07, 6.45) is 6.30. The van der Waals surface area contributed by atoms with Crippen molar-refractivity contribution >= 4 is 43.6 Å². The maximum atomic E-state index is 12.7. The van der Waals surface area contributed by atoms with E-state index in [9.17, 15) is 8.42 Å². The Morgan fingerprint density at radius 2 is 2.15 bits per heavy atom. The minimum atomic E-state index is -3.53. The second-order valence-electron chi connectivity index (χ2n) is 8.15. The van der Waals surface area contributed by atoms with E-state index >= 15 is 0 Å². The van der Waals surface area contributed by atoms with Gasteiger partial charge in [-0.1, -0.05) is 0 Å². The average Bonchev–Trinajstić information content (AvgIpc) is 3.47. The number of sulfonamides is 1. The van der Waals surface area contributed by atoms with Crippen LogP contribution in [0.3, 0.4) is 0 Å². The summed E-state index contributed by atoms with van der Waals surface area (Å²) in [6, 6.07) is 4.00. The SMILES string of the molecule is Cc1cc(Nc2cc(N3CCC3CN)nc3c(-c4cn[nH]c4)cnn23)sc1S(=O)(=O)N(C)C. The first kappa shape index (κ1) is 21.8. The Balaban J connectivity index is 1.61. The number of rotatable bonds is 7. The molecule has 5 rings (SSSR count). The fraction of sp³-hybridized carbons (Fsp3) is 0.350. The predicted octanol–water partition coefficient (Wildman–Crippen LogP) is 2.02. The third kappa shape index (κ3) is 3.66. The molecule has 0 aromatic carbocycles. The molecule has 33 heavy (non-hydrogen) atoms. The van der Waals surface area contributed by atoms with Crippen molar-refractivity contribution in [3.8, 4) is 11.1 Å². The lowest BCUT2D eigenvalue weighted by molar-refractivity contribution is 0.452. The maximum absolute atomic E-state index is 12.7. The molecule has 11 nitrogen and oxygen atoms in total. The van der Waals surface area contributed by atoms with Gasteiger partial charge in [0, 0.05) is 56.6 Å². The molecule has 0 radical (unpaired) electrons. The number of hydrogen-bond acceptors (Lipinski definition) is 9. The molecule has 0 aliphatic carbocycles. The van der Waals surface area contributed by atoms with E-state index in [1.54, 1.807) is 30.0 Å². The summed E-state index contributed by atoms with van der Waals surface area (Å²) in [5.41, 5.74) is 9.02. The molecule has 1 unspecified atom stereocenters. The van der Waals surface area contributed by atoms with Gasteiger partial charge in [-0.3, -0.25) is 5.10 Å². The molecule has 0 spiro atoms. The van der Waals surface area contributed by atoms with Gasteiger partial charge in [-0.15, -0.1) is 11.3 Å². The highest BCUT2D eigenvalue weighted by atomic mass is 32.2. The fourth-order valence-electron chi connectivity index (χ4n) is 3.85. The number of aryl methyl sites for hydroxylation is 1. The number of H-pyrrole nitrogens is 1. The predicted molar refractivity (Wildman–Crippen MR) is 129 cm³/mol. The van der Waals surface area contributed by atoms with Gasteiger partial charge in [0.1, 0.15) is 15.8 Å². The summed E-state index contributed by atoms with van der Waals surface area (Å²) in [4.78, 5) is 7.07. The number of nitrogens with zero attached hydrogens (tertiary/aromatic N) is 6. The summed E-state index contributed by atoms with van der Waals surface area (Å²) in [6.45, 7) is 3.23. The lowest BCUT2D eigenvalue weighted by Crippen LogP contribution is -2.52. The molecule has 1 fully saturated rings. The van der Waals surface area contributed by atoms with E-state index in [1.165, 1.54) is 29.7 Å². The number of thiophene rings is 1.